The van der Waals surface area contributed by atoms with Crippen LogP contribution in [-0.2, 0) is 10.0 Å². The molecule has 1 aliphatic rings. The van der Waals surface area contributed by atoms with Gasteiger partial charge < -0.3 is 9.42 Å². The van der Waals surface area contributed by atoms with Crippen molar-refractivity contribution in [1.29, 1.82) is 0 Å². The van der Waals surface area contributed by atoms with Crippen LogP contribution < -0.4 is 10.3 Å². The van der Waals surface area contributed by atoms with Gasteiger partial charge in [-0.2, -0.15) is 9.78 Å². The van der Waals surface area contributed by atoms with Crippen molar-refractivity contribution in [1.82, 2.24) is 24.6 Å². The maximum Gasteiger partial charge on any atom is 0.271 e. The van der Waals surface area contributed by atoms with Crippen LogP contribution in [0.2, 0.25) is 0 Å². The van der Waals surface area contributed by atoms with E-state index in [2.05, 4.69) is 19.9 Å². The second-order valence-electron chi connectivity index (χ2n) is 8.78. The third-order valence-electron chi connectivity index (χ3n) is 6.20. The molecule has 0 bridgehead atoms. The normalized spacial score (nSPS) is 14.9. The minimum atomic E-state index is -3.70. The second kappa shape index (κ2) is 11.5. The van der Waals surface area contributed by atoms with Gasteiger partial charge in [0, 0.05) is 24.7 Å². The Labute approximate surface area is 212 Å². The van der Waals surface area contributed by atoms with E-state index >= 15 is 0 Å². The van der Waals surface area contributed by atoms with E-state index in [4.69, 9.17) is 4.52 Å². The van der Waals surface area contributed by atoms with Crippen LogP contribution in [0.5, 0.6) is 0 Å². The summed E-state index contributed by atoms with van der Waals surface area (Å²) in [5, 5.41) is 8.37. The fourth-order valence-corrected chi connectivity index (χ4v) is 5.62. The standard InChI is InChI=1S/C24H31N5O4S.ClH/c1-17-8-9-20(21-10-11-23(30)29(26-21)24-18(2)27-33-19(24)3)16-22(17)34(31,32)25-12-15-28-13-6-4-5-7-14-28;/h8-11,16,25H,4-7,12-15H2,1-3H3;1H. The number of sulfonamides is 1. The SMILES string of the molecule is Cc1ccc(-c2ccc(=O)n(-c3c(C)noc3C)n2)cc1S(=O)(=O)NCCN1CCCCCC1.Cl. The summed E-state index contributed by atoms with van der Waals surface area (Å²) in [4.78, 5) is 15.0. The molecule has 0 amide bonds. The van der Waals surface area contributed by atoms with Crippen molar-refractivity contribution in [3.8, 4) is 16.9 Å². The first kappa shape index (κ1) is 27.1. The predicted molar refractivity (Wildman–Crippen MR) is 137 cm³/mol. The van der Waals surface area contributed by atoms with Crippen molar-refractivity contribution in [2.75, 3.05) is 26.2 Å². The zero-order valence-corrected chi connectivity index (χ0v) is 21.9. The Kier molecular flexibility index (Phi) is 8.87. The Morgan fingerprint density at radius 1 is 1.03 bits per heavy atom. The van der Waals surface area contributed by atoms with Gasteiger partial charge in [-0.05, 0) is 64.4 Å². The molecule has 3 heterocycles. The van der Waals surface area contributed by atoms with Crippen LogP contribution in [0.15, 0.2) is 44.5 Å². The van der Waals surface area contributed by atoms with Gasteiger partial charge in [-0.15, -0.1) is 12.4 Å². The maximum atomic E-state index is 13.1. The minimum absolute atomic E-state index is 0. The maximum absolute atomic E-state index is 13.1. The highest BCUT2D eigenvalue weighted by Gasteiger charge is 2.20. The Hall–Kier alpha value is -2.53. The molecule has 4 rings (SSSR count). The molecule has 1 aliphatic heterocycles. The first-order chi connectivity index (χ1) is 16.3. The van der Waals surface area contributed by atoms with Crippen molar-refractivity contribution >= 4 is 22.4 Å². The van der Waals surface area contributed by atoms with Crippen LogP contribution in [0.25, 0.3) is 16.9 Å². The third kappa shape index (κ3) is 6.19. The number of rotatable bonds is 7. The smallest absolute Gasteiger partial charge is 0.271 e. The molecule has 3 aromatic rings. The molecule has 9 nitrogen and oxygen atoms in total. The fourth-order valence-electron chi connectivity index (χ4n) is 4.33. The molecule has 0 radical (unpaired) electrons. The largest absolute Gasteiger partial charge is 0.359 e. The van der Waals surface area contributed by atoms with E-state index in [1.807, 2.05) is 0 Å². The van der Waals surface area contributed by atoms with E-state index < -0.39 is 10.0 Å². The summed E-state index contributed by atoms with van der Waals surface area (Å²) in [6, 6.07) is 8.16. The summed E-state index contributed by atoms with van der Waals surface area (Å²) < 4.78 is 35.4. The number of halogens is 1. The summed E-state index contributed by atoms with van der Waals surface area (Å²) in [6.07, 6.45) is 4.81. The Morgan fingerprint density at radius 3 is 2.40 bits per heavy atom. The van der Waals surface area contributed by atoms with Gasteiger partial charge in [-0.1, -0.05) is 30.1 Å². The van der Waals surface area contributed by atoms with E-state index in [0.717, 1.165) is 25.9 Å². The molecule has 1 fully saturated rings. The zero-order chi connectivity index (χ0) is 24.3. The van der Waals surface area contributed by atoms with Crippen molar-refractivity contribution in [3.05, 3.63) is 57.7 Å². The molecule has 1 aromatic carbocycles. The van der Waals surface area contributed by atoms with E-state index in [1.54, 1.807) is 45.0 Å². The molecule has 35 heavy (non-hydrogen) atoms. The average Bonchev–Trinajstić information content (AvgIpc) is 2.98. The number of benzene rings is 1. The highest BCUT2D eigenvalue weighted by molar-refractivity contribution is 7.89. The molecule has 0 unspecified atom stereocenters. The number of aromatic nitrogens is 3. The summed E-state index contributed by atoms with van der Waals surface area (Å²) in [7, 11) is -3.70. The van der Waals surface area contributed by atoms with Crippen molar-refractivity contribution in [2.24, 2.45) is 0 Å². The van der Waals surface area contributed by atoms with Gasteiger partial charge in [0.2, 0.25) is 10.0 Å². The van der Waals surface area contributed by atoms with Gasteiger partial charge in [0.1, 0.15) is 11.4 Å². The zero-order valence-electron chi connectivity index (χ0n) is 20.3. The number of hydrogen-bond donors (Lipinski definition) is 1. The van der Waals surface area contributed by atoms with E-state index in [0.29, 0.717) is 47.1 Å². The van der Waals surface area contributed by atoms with Gasteiger partial charge in [0.05, 0.1) is 10.6 Å². The molecule has 190 valence electrons. The quantitative estimate of drug-likeness (QED) is 0.507. The molecule has 0 aliphatic carbocycles. The van der Waals surface area contributed by atoms with Gasteiger partial charge in [-0.25, -0.2) is 13.1 Å². The highest BCUT2D eigenvalue weighted by Crippen LogP contribution is 2.24. The fraction of sp³-hybridized carbons (Fsp3) is 0.458. The van der Waals surface area contributed by atoms with Crippen molar-refractivity contribution < 1.29 is 12.9 Å². The number of aryl methyl sites for hydroxylation is 3. The predicted octanol–water partition coefficient (Wildman–Crippen LogP) is 3.39. The Balaban J connectivity index is 0.00000342. The van der Waals surface area contributed by atoms with Crippen molar-refractivity contribution in [3.63, 3.8) is 0 Å². The monoisotopic (exact) mass is 521 g/mol. The second-order valence-corrected chi connectivity index (χ2v) is 10.5. The lowest BCUT2D eigenvalue weighted by Crippen LogP contribution is -2.35. The minimum Gasteiger partial charge on any atom is -0.359 e. The molecule has 1 N–H and O–H groups in total. The van der Waals surface area contributed by atoms with Gasteiger partial charge in [0.15, 0.2) is 5.76 Å². The van der Waals surface area contributed by atoms with Crippen LogP contribution in [0.4, 0.5) is 0 Å². The summed E-state index contributed by atoms with van der Waals surface area (Å²) >= 11 is 0. The first-order valence-corrected chi connectivity index (χ1v) is 13.1. The molecular formula is C24H32ClN5O4S. The van der Waals surface area contributed by atoms with Crippen LogP contribution in [0.3, 0.4) is 0 Å². The topological polar surface area (TPSA) is 110 Å². The molecule has 2 aromatic heterocycles. The number of likely N-dealkylation sites (tertiary alicyclic amines) is 1. The summed E-state index contributed by atoms with van der Waals surface area (Å²) in [5.41, 5.74) is 2.42. The molecule has 11 heteroatoms. The molecule has 0 spiro atoms. The first-order valence-electron chi connectivity index (χ1n) is 11.6. The lowest BCUT2D eigenvalue weighted by molar-refractivity contribution is 0.290. The van der Waals surface area contributed by atoms with E-state index in [-0.39, 0.29) is 22.9 Å². The number of hydrogen-bond acceptors (Lipinski definition) is 7. The lowest BCUT2D eigenvalue weighted by atomic mass is 10.1. The third-order valence-corrected chi connectivity index (χ3v) is 7.80. The van der Waals surface area contributed by atoms with E-state index in [1.165, 1.54) is 23.6 Å². The van der Waals surface area contributed by atoms with Crippen LogP contribution in [0, 0.1) is 20.8 Å². The molecule has 0 saturated carbocycles. The molecule has 0 atom stereocenters. The van der Waals surface area contributed by atoms with Crippen LogP contribution in [-0.4, -0.2) is 54.4 Å². The van der Waals surface area contributed by atoms with Crippen LogP contribution >= 0.6 is 12.4 Å². The summed E-state index contributed by atoms with van der Waals surface area (Å²) in [5.74, 6) is 0.477. The number of nitrogens with zero attached hydrogens (tertiary/aromatic N) is 4. The van der Waals surface area contributed by atoms with Crippen molar-refractivity contribution in [2.45, 2.75) is 51.3 Å². The Bertz CT molecular complexity index is 1310. The molecular weight excluding hydrogens is 490 g/mol. The van der Waals surface area contributed by atoms with Gasteiger partial charge in [-0.3, -0.25) is 4.79 Å². The average molecular weight is 522 g/mol. The highest BCUT2D eigenvalue weighted by atomic mass is 35.5. The number of nitrogens with one attached hydrogen (secondary N) is 1. The Morgan fingerprint density at radius 2 is 1.74 bits per heavy atom. The van der Waals surface area contributed by atoms with Gasteiger partial charge >= 0.3 is 0 Å². The lowest BCUT2D eigenvalue weighted by Gasteiger charge is -2.20. The van der Waals surface area contributed by atoms with E-state index in [9.17, 15) is 13.2 Å². The van der Waals surface area contributed by atoms with Crippen LogP contribution in [0.1, 0.15) is 42.7 Å². The molecule has 1 saturated heterocycles. The van der Waals surface area contributed by atoms with Gasteiger partial charge in [0.25, 0.3) is 5.56 Å². The summed E-state index contributed by atoms with van der Waals surface area (Å²) in [6.45, 7) is 8.31.